The molecule has 0 fully saturated rings. The van der Waals surface area contributed by atoms with E-state index in [-0.39, 0.29) is 5.91 Å². The zero-order chi connectivity index (χ0) is 12.1. The van der Waals surface area contributed by atoms with Crippen LogP contribution in [0.4, 0.5) is 4.39 Å². The van der Waals surface area contributed by atoms with Gasteiger partial charge in [0.15, 0.2) is 0 Å². The SMILES string of the molecule is O=C(NCc1cccnc1)c1ccc(F)nc1. The summed E-state index contributed by atoms with van der Waals surface area (Å²) in [6, 6.07) is 6.19. The molecule has 0 saturated carbocycles. The summed E-state index contributed by atoms with van der Waals surface area (Å²) in [5.41, 5.74) is 1.23. The maximum absolute atomic E-state index is 12.5. The van der Waals surface area contributed by atoms with Gasteiger partial charge in [-0.2, -0.15) is 4.39 Å². The highest BCUT2D eigenvalue weighted by Crippen LogP contribution is 2.00. The number of nitrogens with one attached hydrogen (secondary N) is 1. The van der Waals surface area contributed by atoms with E-state index in [9.17, 15) is 9.18 Å². The topological polar surface area (TPSA) is 54.9 Å². The number of halogens is 1. The van der Waals surface area contributed by atoms with E-state index in [2.05, 4.69) is 15.3 Å². The van der Waals surface area contributed by atoms with Crippen molar-refractivity contribution in [3.63, 3.8) is 0 Å². The predicted molar refractivity (Wildman–Crippen MR) is 59.6 cm³/mol. The molecule has 0 radical (unpaired) electrons. The number of pyridine rings is 2. The van der Waals surface area contributed by atoms with E-state index in [0.717, 1.165) is 11.6 Å². The number of rotatable bonds is 3. The maximum atomic E-state index is 12.5. The molecule has 0 aliphatic heterocycles. The first kappa shape index (κ1) is 11.2. The first-order valence-electron chi connectivity index (χ1n) is 5.04. The fourth-order valence-electron chi connectivity index (χ4n) is 1.30. The summed E-state index contributed by atoms with van der Waals surface area (Å²) in [5, 5.41) is 2.69. The predicted octanol–water partition coefficient (Wildman–Crippen LogP) is 1.55. The molecule has 0 aliphatic carbocycles. The summed E-state index contributed by atoms with van der Waals surface area (Å²) in [6.07, 6.45) is 4.53. The van der Waals surface area contributed by atoms with Crippen molar-refractivity contribution in [2.45, 2.75) is 6.54 Å². The highest BCUT2D eigenvalue weighted by Gasteiger charge is 2.05. The van der Waals surface area contributed by atoms with Gasteiger partial charge in [-0.25, -0.2) is 4.98 Å². The van der Waals surface area contributed by atoms with Crippen LogP contribution < -0.4 is 5.32 Å². The summed E-state index contributed by atoms with van der Waals surface area (Å²) in [4.78, 5) is 19.0. The average molecular weight is 231 g/mol. The summed E-state index contributed by atoms with van der Waals surface area (Å²) < 4.78 is 12.5. The first-order chi connectivity index (χ1) is 8.25. The first-order valence-corrected chi connectivity index (χ1v) is 5.04. The zero-order valence-corrected chi connectivity index (χ0v) is 8.93. The Balaban J connectivity index is 1.96. The van der Waals surface area contributed by atoms with Crippen LogP contribution in [0, 0.1) is 5.95 Å². The highest BCUT2D eigenvalue weighted by molar-refractivity contribution is 5.93. The quantitative estimate of drug-likeness (QED) is 0.815. The van der Waals surface area contributed by atoms with Crippen molar-refractivity contribution < 1.29 is 9.18 Å². The lowest BCUT2D eigenvalue weighted by Crippen LogP contribution is -2.22. The second-order valence-electron chi connectivity index (χ2n) is 3.41. The molecule has 0 aliphatic rings. The fraction of sp³-hybridized carbons (Fsp3) is 0.0833. The molecule has 2 heterocycles. The van der Waals surface area contributed by atoms with E-state index >= 15 is 0 Å². The maximum Gasteiger partial charge on any atom is 0.253 e. The zero-order valence-electron chi connectivity index (χ0n) is 8.93. The molecule has 2 aromatic rings. The van der Waals surface area contributed by atoms with E-state index in [1.165, 1.54) is 12.3 Å². The Labute approximate surface area is 97.5 Å². The molecule has 0 atom stereocenters. The molecule has 0 saturated heterocycles. The number of amides is 1. The third kappa shape index (κ3) is 3.07. The van der Waals surface area contributed by atoms with Gasteiger partial charge in [-0.15, -0.1) is 0 Å². The van der Waals surface area contributed by atoms with Crippen LogP contribution in [0.5, 0.6) is 0 Å². The Kier molecular flexibility index (Phi) is 3.40. The largest absolute Gasteiger partial charge is 0.348 e. The van der Waals surface area contributed by atoms with Crippen LogP contribution in [0.1, 0.15) is 15.9 Å². The van der Waals surface area contributed by atoms with Crippen LogP contribution in [0.3, 0.4) is 0 Å². The number of carbonyl (C=O) groups excluding carboxylic acids is 1. The van der Waals surface area contributed by atoms with Gasteiger partial charge < -0.3 is 5.32 Å². The molecule has 86 valence electrons. The summed E-state index contributed by atoms with van der Waals surface area (Å²) in [7, 11) is 0. The van der Waals surface area contributed by atoms with Gasteiger partial charge in [-0.05, 0) is 23.8 Å². The van der Waals surface area contributed by atoms with Crippen molar-refractivity contribution in [3.8, 4) is 0 Å². The Hall–Kier alpha value is -2.30. The van der Waals surface area contributed by atoms with Gasteiger partial charge in [-0.1, -0.05) is 6.07 Å². The molecule has 5 heteroatoms. The van der Waals surface area contributed by atoms with Gasteiger partial charge in [0.2, 0.25) is 5.95 Å². The highest BCUT2D eigenvalue weighted by atomic mass is 19.1. The minimum Gasteiger partial charge on any atom is -0.348 e. The third-order valence-corrected chi connectivity index (χ3v) is 2.17. The molecule has 0 aromatic carbocycles. The van der Waals surface area contributed by atoms with Gasteiger partial charge in [0.05, 0.1) is 5.56 Å². The molecule has 1 amide bonds. The minimum atomic E-state index is -0.603. The Morgan fingerprint density at radius 2 is 2.18 bits per heavy atom. The fourth-order valence-corrected chi connectivity index (χ4v) is 1.30. The molecule has 0 unspecified atom stereocenters. The third-order valence-electron chi connectivity index (χ3n) is 2.17. The number of carbonyl (C=O) groups is 1. The van der Waals surface area contributed by atoms with Crippen LogP contribution in [-0.2, 0) is 6.54 Å². The van der Waals surface area contributed by atoms with Crippen molar-refractivity contribution in [2.75, 3.05) is 0 Å². The number of hydrogen-bond donors (Lipinski definition) is 1. The second-order valence-corrected chi connectivity index (χ2v) is 3.41. The number of hydrogen-bond acceptors (Lipinski definition) is 3. The van der Waals surface area contributed by atoms with Crippen molar-refractivity contribution in [2.24, 2.45) is 0 Å². The molecule has 17 heavy (non-hydrogen) atoms. The normalized spacial score (nSPS) is 9.94. The van der Waals surface area contributed by atoms with Crippen molar-refractivity contribution >= 4 is 5.91 Å². The van der Waals surface area contributed by atoms with Crippen molar-refractivity contribution in [3.05, 3.63) is 59.9 Å². The van der Waals surface area contributed by atoms with Crippen LogP contribution in [0.2, 0.25) is 0 Å². The molecule has 1 N–H and O–H groups in total. The van der Waals surface area contributed by atoms with Crippen LogP contribution in [-0.4, -0.2) is 15.9 Å². The lowest BCUT2D eigenvalue weighted by molar-refractivity contribution is 0.0950. The summed E-state index contributed by atoms with van der Waals surface area (Å²) in [5.74, 6) is -0.893. The van der Waals surface area contributed by atoms with Crippen molar-refractivity contribution in [1.29, 1.82) is 0 Å². The van der Waals surface area contributed by atoms with Crippen molar-refractivity contribution in [1.82, 2.24) is 15.3 Å². The monoisotopic (exact) mass is 231 g/mol. The number of aromatic nitrogens is 2. The minimum absolute atomic E-state index is 0.290. The summed E-state index contributed by atoms with van der Waals surface area (Å²) >= 11 is 0. The van der Waals surface area contributed by atoms with Gasteiger partial charge in [0.25, 0.3) is 5.91 Å². The summed E-state index contributed by atoms with van der Waals surface area (Å²) in [6.45, 7) is 0.379. The molecule has 0 spiro atoms. The van der Waals surface area contributed by atoms with Gasteiger partial charge >= 0.3 is 0 Å². The van der Waals surface area contributed by atoms with Gasteiger partial charge in [0, 0.05) is 25.1 Å². The lowest BCUT2D eigenvalue weighted by atomic mass is 10.2. The number of nitrogens with zero attached hydrogens (tertiary/aromatic N) is 2. The second kappa shape index (κ2) is 5.16. The molecule has 2 aromatic heterocycles. The standard InChI is InChI=1S/C12H10FN3O/c13-11-4-3-10(8-15-11)12(17)16-7-9-2-1-5-14-6-9/h1-6,8H,7H2,(H,16,17). The van der Waals surface area contributed by atoms with Gasteiger partial charge in [-0.3, -0.25) is 9.78 Å². The Morgan fingerprint density at radius 3 is 2.82 bits per heavy atom. The molecular weight excluding hydrogens is 221 g/mol. The average Bonchev–Trinajstić information content (AvgIpc) is 2.38. The van der Waals surface area contributed by atoms with E-state index < -0.39 is 5.95 Å². The van der Waals surface area contributed by atoms with Gasteiger partial charge in [0.1, 0.15) is 0 Å². The Bertz CT molecular complexity index is 499. The Morgan fingerprint density at radius 1 is 1.29 bits per heavy atom. The molecule has 0 bridgehead atoms. The van der Waals surface area contributed by atoms with Crippen LogP contribution >= 0.6 is 0 Å². The van der Waals surface area contributed by atoms with E-state index in [1.807, 2.05) is 6.07 Å². The van der Waals surface area contributed by atoms with Crippen LogP contribution in [0.25, 0.3) is 0 Å². The molecular formula is C12H10FN3O. The molecule has 2 rings (SSSR count). The van der Waals surface area contributed by atoms with Crippen LogP contribution in [0.15, 0.2) is 42.9 Å². The lowest BCUT2D eigenvalue weighted by Gasteiger charge is -2.04. The van der Waals surface area contributed by atoms with E-state index in [4.69, 9.17) is 0 Å². The van der Waals surface area contributed by atoms with E-state index in [0.29, 0.717) is 12.1 Å². The van der Waals surface area contributed by atoms with E-state index in [1.54, 1.807) is 18.5 Å². The molecule has 4 nitrogen and oxygen atoms in total. The smallest absolute Gasteiger partial charge is 0.253 e.